The fraction of sp³-hybridized carbons (Fsp3) is 0.152. The first kappa shape index (κ1) is 28.1. The van der Waals surface area contributed by atoms with Crippen LogP contribution in [0.2, 0.25) is 0 Å². The number of ether oxygens (including phenoxy) is 1. The largest absolute Gasteiger partial charge is 0.492 e. The molecule has 0 saturated carbocycles. The predicted octanol–water partition coefficient (Wildman–Crippen LogP) is 6.76. The summed E-state index contributed by atoms with van der Waals surface area (Å²) in [4.78, 5) is 31.0. The molecule has 10 heteroatoms. The smallest absolute Gasteiger partial charge is 0.265 e. The third-order valence-electron chi connectivity index (χ3n) is 6.68. The number of carbonyl (C=O) groups is 1. The molecule has 43 heavy (non-hydrogen) atoms. The number of carbonyl (C=O) groups excluding carboxylic acids is 1. The van der Waals surface area contributed by atoms with Crippen molar-refractivity contribution in [2.45, 2.75) is 6.92 Å². The van der Waals surface area contributed by atoms with Crippen LogP contribution in [0.5, 0.6) is 5.75 Å². The van der Waals surface area contributed by atoms with Gasteiger partial charge in [0.15, 0.2) is 0 Å². The van der Waals surface area contributed by atoms with Gasteiger partial charge in [0.05, 0.1) is 22.0 Å². The van der Waals surface area contributed by atoms with Crippen molar-refractivity contribution in [1.82, 2.24) is 24.3 Å². The highest BCUT2D eigenvalue weighted by Gasteiger charge is 2.19. The summed E-state index contributed by atoms with van der Waals surface area (Å²) in [7, 11) is 4.03. The summed E-state index contributed by atoms with van der Waals surface area (Å²) in [6, 6.07) is 27.0. The van der Waals surface area contributed by atoms with E-state index in [0.29, 0.717) is 28.8 Å². The van der Waals surface area contributed by atoms with E-state index in [-0.39, 0.29) is 5.91 Å². The lowest BCUT2D eigenvalue weighted by Gasteiger charge is -2.12. The molecule has 0 saturated heterocycles. The standard InChI is InChI=1S/C33H31N7O2S/c1-22-13-14-28(43-22)32(41)35-24-9-6-8-23(20-24)30-31(40-17-5-4-12-29(40)38-30)27-15-16-34-33(37-27)36-25-10-7-11-26(21-25)42-19-18-39(2)3/h4-17,20-21H,18-19H2,1-3H3,(H,35,41)(H,34,36,37). The van der Waals surface area contributed by atoms with Gasteiger partial charge in [-0.3, -0.25) is 9.20 Å². The number of hydrogen-bond donors (Lipinski definition) is 2. The van der Waals surface area contributed by atoms with E-state index >= 15 is 0 Å². The molecule has 0 fully saturated rings. The first-order chi connectivity index (χ1) is 20.9. The average molecular weight is 590 g/mol. The maximum atomic E-state index is 12.8. The fourth-order valence-corrected chi connectivity index (χ4v) is 5.39. The Morgan fingerprint density at radius 1 is 0.953 bits per heavy atom. The van der Waals surface area contributed by atoms with Crippen molar-refractivity contribution in [2.75, 3.05) is 37.9 Å². The van der Waals surface area contributed by atoms with E-state index in [1.165, 1.54) is 11.3 Å². The van der Waals surface area contributed by atoms with Gasteiger partial charge in [-0.1, -0.05) is 24.3 Å². The molecule has 4 aromatic heterocycles. The summed E-state index contributed by atoms with van der Waals surface area (Å²) in [6.45, 7) is 3.41. The van der Waals surface area contributed by atoms with Gasteiger partial charge in [-0.25, -0.2) is 15.0 Å². The summed E-state index contributed by atoms with van der Waals surface area (Å²) >= 11 is 1.47. The van der Waals surface area contributed by atoms with Gasteiger partial charge in [0.25, 0.3) is 5.91 Å². The highest BCUT2D eigenvalue weighted by molar-refractivity contribution is 7.14. The Morgan fingerprint density at radius 3 is 2.65 bits per heavy atom. The van der Waals surface area contributed by atoms with Crippen LogP contribution in [0.25, 0.3) is 28.3 Å². The molecule has 1 amide bonds. The number of anilines is 3. The van der Waals surface area contributed by atoms with Gasteiger partial charge in [0.1, 0.15) is 18.0 Å². The number of benzene rings is 2. The number of imidazole rings is 1. The number of amides is 1. The number of rotatable bonds is 10. The number of pyridine rings is 1. The molecule has 4 heterocycles. The lowest BCUT2D eigenvalue weighted by Crippen LogP contribution is -2.19. The van der Waals surface area contributed by atoms with Crippen LogP contribution in [0.4, 0.5) is 17.3 Å². The molecule has 0 bridgehead atoms. The first-order valence-electron chi connectivity index (χ1n) is 13.9. The molecule has 0 spiro atoms. The van der Waals surface area contributed by atoms with E-state index in [1.54, 1.807) is 6.20 Å². The summed E-state index contributed by atoms with van der Waals surface area (Å²) in [5.41, 5.74) is 5.42. The Morgan fingerprint density at radius 2 is 1.81 bits per heavy atom. The van der Waals surface area contributed by atoms with E-state index in [0.717, 1.165) is 45.5 Å². The molecule has 0 aliphatic heterocycles. The van der Waals surface area contributed by atoms with Crippen LogP contribution < -0.4 is 15.4 Å². The van der Waals surface area contributed by atoms with Crippen LogP contribution in [-0.2, 0) is 0 Å². The maximum absolute atomic E-state index is 12.8. The zero-order valence-electron chi connectivity index (χ0n) is 24.1. The first-order valence-corrected chi connectivity index (χ1v) is 14.7. The Labute approximate surface area is 253 Å². The van der Waals surface area contributed by atoms with Crippen LogP contribution in [0, 0.1) is 6.92 Å². The molecule has 2 aromatic carbocycles. The number of nitrogens with one attached hydrogen (secondary N) is 2. The molecule has 6 rings (SSSR count). The van der Waals surface area contributed by atoms with Gasteiger partial charge in [-0.2, -0.15) is 0 Å². The van der Waals surface area contributed by atoms with E-state index in [2.05, 4.69) is 20.5 Å². The molecule has 9 nitrogen and oxygen atoms in total. The van der Waals surface area contributed by atoms with Gasteiger partial charge in [0, 0.05) is 46.8 Å². The second-order valence-electron chi connectivity index (χ2n) is 10.3. The molecule has 0 aliphatic carbocycles. The minimum absolute atomic E-state index is 0.135. The van der Waals surface area contributed by atoms with Crippen LogP contribution >= 0.6 is 11.3 Å². The summed E-state index contributed by atoms with van der Waals surface area (Å²) in [6.07, 6.45) is 3.70. The quantitative estimate of drug-likeness (QED) is 0.182. The molecule has 6 aromatic rings. The second kappa shape index (κ2) is 12.4. The minimum Gasteiger partial charge on any atom is -0.492 e. The van der Waals surface area contributed by atoms with E-state index in [9.17, 15) is 4.79 Å². The fourth-order valence-electron chi connectivity index (χ4n) is 4.62. The van der Waals surface area contributed by atoms with Crippen molar-refractivity contribution in [2.24, 2.45) is 0 Å². The lowest BCUT2D eigenvalue weighted by molar-refractivity contribution is 0.103. The minimum atomic E-state index is -0.135. The third-order valence-corrected chi connectivity index (χ3v) is 7.68. The number of thiophene rings is 1. The maximum Gasteiger partial charge on any atom is 0.265 e. The zero-order chi connectivity index (χ0) is 29.8. The molecular formula is C33H31N7O2S. The van der Waals surface area contributed by atoms with Crippen LogP contribution in [-0.4, -0.2) is 57.4 Å². The van der Waals surface area contributed by atoms with E-state index in [4.69, 9.17) is 14.7 Å². The Kier molecular flexibility index (Phi) is 8.12. The zero-order valence-corrected chi connectivity index (χ0v) is 24.9. The van der Waals surface area contributed by atoms with Crippen LogP contribution in [0.15, 0.2) is 97.3 Å². The summed E-state index contributed by atoms with van der Waals surface area (Å²) in [5.74, 6) is 1.09. The van der Waals surface area contributed by atoms with Gasteiger partial charge in [0.2, 0.25) is 5.95 Å². The summed E-state index contributed by atoms with van der Waals surface area (Å²) < 4.78 is 7.90. The normalized spacial score (nSPS) is 11.2. The van der Waals surface area contributed by atoms with E-state index in [1.807, 2.05) is 117 Å². The number of likely N-dealkylation sites (N-methyl/N-ethyl adjacent to an activating group) is 1. The van der Waals surface area contributed by atoms with E-state index < -0.39 is 0 Å². The molecule has 0 radical (unpaired) electrons. The highest BCUT2D eigenvalue weighted by atomic mass is 32.1. The Balaban J connectivity index is 1.31. The molecule has 2 N–H and O–H groups in total. The molecular weight excluding hydrogens is 558 g/mol. The molecule has 0 aliphatic rings. The van der Waals surface area contributed by atoms with Crippen molar-refractivity contribution in [3.63, 3.8) is 0 Å². The Bertz CT molecular complexity index is 1900. The van der Waals surface area contributed by atoms with Crippen molar-refractivity contribution < 1.29 is 9.53 Å². The van der Waals surface area contributed by atoms with Gasteiger partial charge in [-0.15, -0.1) is 11.3 Å². The second-order valence-corrected chi connectivity index (χ2v) is 11.5. The van der Waals surface area contributed by atoms with Crippen molar-refractivity contribution in [1.29, 1.82) is 0 Å². The Hall–Kier alpha value is -5.06. The number of nitrogens with zero attached hydrogens (tertiary/aromatic N) is 5. The van der Waals surface area contributed by atoms with Gasteiger partial charge in [-0.05, 0) is 75.6 Å². The number of hydrogen-bond acceptors (Lipinski definition) is 8. The topological polar surface area (TPSA) is 96.7 Å². The third kappa shape index (κ3) is 6.56. The summed E-state index contributed by atoms with van der Waals surface area (Å²) in [5, 5.41) is 6.33. The predicted molar refractivity (Wildman–Crippen MR) is 172 cm³/mol. The monoisotopic (exact) mass is 589 g/mol. The van der Waals surface area contributed by atoms with Crippen molar-refractivity contribution >= 4 is 40.2 Å². The van der Waals surface area contributed by atoms with Crippen molar-refractivity contribution in [3.05, 3.63) is 107 Å². The van der Waals surface area contributed by atoms with Crippen LogP contribution in [0.3, 0.4) is 0 Å². The molecule has 216 valence electrons. The van der Waals surface area contributed by atoms with Crippen molar-refractivity contribution in [3.8, 4) is 28.4 Å². The van der Waals surface area contributed by atoms with Crippen LogP contribution in [0.1, 0.15) is 14.5 Å². The molecule has 0 atom stereocenters. The number of aryl methyl sites for hydroxylation is 1. The lowest BCUT2D eigenvalue weighted by atomic mass is 10.1. The SMILES string of the molecule is Cc1ccc(C(=O)Nc2cccc(-c3nc4ccccn4c3-c3ccnc(Nc4cccc(OCCN(C)C)c4)n3)c2)s1. The number of aromatic nitrogens is 4. The average Bonchev–Trinajstić information content (AvgIpc) is 3.61. The number of fused-ring (bicyclic) bond motifs is 1. The van der Waals surface area contributed by atoms with Gasteiger partial charge >= 0.3 is 0 Å². The highest BCUT2D eigenvalue weighted by Crippen LogP contribution is 2.34. The van der Waals surface area contributed by atoms with Gasteiger partial charge < -0.3 is 20.3 Å². The molecule has 0 unspecified atom stereocenters.